The van der Waals surface area contributed by atoms with Crippen LogP contribution in [0.4, 0.5) is 0 Å². The Morgan fingerprint density at radius 1 is 1.37 bits per heavy atom. The maximum Gasteiger partial charge on any atom is 0.138 e. The Morgan fingerprint density at radius 3 is 2.74 bits per heavy atom. The summed E-state index contributed by atoms with van der Waals surface area (Å²) >= 11 is 0. The van der Waals surface area contributed by atoms with Crippen molar-refractivity contribution in [3.8, 4) is 0 Å². The van der Waals surface area contributed by atoms with Crippen molar-refractivity contribution in [1.82, 2.24) is 10.5 Å². The minimum Gasteiger partial charge on any atom is -0.361 e. The molecule has 1 N–H and O–H groups in total. The van der Waals surface area contributed by atoms with Gasteiger partial charge in [-0.1, -0.05) is 24.9 Å². The van der Waals surface area contributed by atoms with Crippen molar-refractivity contribution in [1.29, 1.82) is 0 Å². The smallest absolute Gasteiger partial charge is 0.138 e. The fraction of sp³-hybridized carbons (Fsp3) is 0.786. The summed E-state index contributed by atoms with van der Waals surface area (Å²) in [5.74, 6) is 1.64. The Hall–Kier alpha value is -0.680. The Morgan fingerprint density at radius 2 is 2.11 bits per heavy atom. The highest BCUT2D eigenvalue weighted by Gasteiger charge is 2.29. The van der Waals surface area contributed by atoms with Gasteiger partial charge in [0.05, 0.1) is 10.9 Å². The molecule has 1 aromatic heterocycles. The SMILES string of the molecule is CC[S@](=O)[C@@H]1CCCC[C@H]1NCc1c(C)noc1C. The maximum absolute atomic E-state index is 12.1. The van der Waals surface area contributed by atoms with Gasteiger partial charge in [0.1, 0.15) is 5.76 Å². The molecule has 108 valence electrons. The predicted molar refractivity (Wildman–Crippen MR) is 77.5 cm³/mol. The molecule has 1 fully saturated rings. The van der Waals surface area contributed by atoms with Crippen molar-refractivity contribution in [2.24, 2.45) is 0 Å². The Balaban J connectivity index is 1.98. The zero-order chi connectivity index (χ0) is 13.8. The van der Waals surface area contributed by atoms with Crippen LogP contribution < -0.4 is 5.32 Å². The Bertz CT molecular complexity index is 425. The van der Waals surface area contributed by atoms with Crippen LogP contribution in [0.2, 0.25) is 0 Å². The summed E-state index contributed by atoms with van der Waals surface area (Å²) in [4.78, 5) is 0. The van der Waals surface area contributed by atoms with E-state index in [1.165, 1.54) is 12.8 Å². The molecule has 4 nitrogen and oxygen atoms in total. The lowest BCUT2D eigenvalue weighted by atomic mass is 9.94. The Kier molecular flexibility index (Phi) is 5.16. The van der Waals surface area contributed by atoms with Crippen molar-refractivity contribution in [3.63, 3.8) is 0 Å². The fourth-order valence-electron chi connectivity index (χ4n) is 2.85. The number of nitrogens with zero attached hydrogens (tertiary/aromatic N) is 1. The molecule has 0 amide bonds. The first kappa shape index (κ1) is 14.7. The molecule has 2 rings (SSSR count). The topological polar surface area (TPSA) is 55.1 Å². The van der Waals surface area contributed by atoms with Crippen LogP contribution in [0.15, 0.2) is 4.52 Å². The number of rotatable bonds is 5. The molecule has 0 bridgehead atoms. The third-order valence-electron chi connectivity index (χ3n) is 4.05. The standard InChI is InChI=1S/C14H24N2O2S/c1-4-19(17)14-8-6-5-7-13(14)15-9-12-10(2)16-18-11(12)3/h13-15H,4-9H2,1-3H3/t13-,14-,19+/m1/s1. The van der Waals surface area contributed by atoms with Crippen molar-refractivity contribution >= 4 is 10.8 Å². The molecule has 1 aliphatic rings. The van der Waals surface area contributed by atoms with Gasteiger partial charge in [0.15, 0.2) is 0 Å². The summed E-state index contributed by atoms with van der Waals surface area (Å²) in [7, 11) is -0.704. The van der Waals surface area contributed by atoms with E-state index in [-0.39, 0.29) is 0 Å². The first-order valence-corrected chi connectivity index (χ1v) is 8.54. The third kappa shape index (κ3) is 3.45. The summed E-state index contributed by atoms with van der Waals surface area (Å²) in [5, 5.41) is 7.86. The van der Waals surface area contributed by atoms with E-state index in [1.807, 2.05) is 20.8 Å². The van der Waals surface area contributed by atoms with Crippen LogP contribution >= 0.6 is 0 Å². The van der Waals surface area contributed by atoms with Gasteiger partial charge in [0, 0.05) is 34.7 Å². The van der Waals surface area contributed by atoms with Crippen molar-refractivity contribution in [2.75, 3.05) is 5.75 Å². The first-order valence-electron chi connectivity index (χ1n) is 7.15. The molecule has 5 heteroatoms. The second-order valence-corrected chi connectivity index (χ2v) is 7.23. The van der Waals surface area contributed by atoms with Gasteiger partial charge in [-0.15, -0.1) is 0 Å². The number of hydrogen-bond acceptors (Lipinski definition) is 4. The molecule has 1 aromatic rings. The van der Waals surface area contributed by atoms with Gasteiger partial charge >= 0.3 is 0 Å². The molecule has 0 aliphatic heterocycles. The summed E-state index contributed by atoms with van der Waals surface area (Å²) in [6.45, 7) is 6.69. The molecular formula is C14H24N2O2S. The lowest BCUT2D eigenvalue weighted by Crippen LogP contribution is -2.44. The lowest BCUT2D eigenvalue weighted by molar-refractivity contribution is 0.373. The van der Waals surface area contributed by atoms with Crippen LogP contribution in [-0.2, 0) is 17.3 Å². The number of nitrogens with one attached hydrogen (secondary N) is 1. The molecule has 0 unspecified atom stereocenters. The van der Waals surface area contributed by atoms with Gasteiger partial charge in [0.25, 0.3) is 0 Å². The van der Waals surface area contributed by atoms with E-state index in [4.69, 9.17) is 4.52 Å². The summed E-state index contributed by atoms with van der Waals surface area (Å²) < 4.78 is 17.3. The van der Waals surface area contributed by atoms with E-state index >= 15 is 0 Å². The molecule has 1 aliphatic carbocycles. The van der Waals surface area contributed by atoms with Crippen molar-refractivity contribution in [3.05, 3.63) is 17.0 Å². The molecule has 19 heavy (non-hydrogen) atoms. The van der Waals surface area contributed by atoms with Crippen LogP contribution in [0.1, 0.15) is 49.6 Å². The van der Waals surface area contributed by atoms with Gasteiger partial charge < -0.3 is 9.84 Å². The normalized spacial score (nSPS) is 25.4. The molecule has 0 radical (unpaired) electrons. The average molecular weight is 284 g/mol. The fourth-order valence-corrected chi connectivity index (χ4v) is 4.30. The summed E-state index contributed by atoms with van der Waals surface area (Å²) in [6, 6.07) is 0.364. The van der Waals surface area contributed by atoms with E-state index in [0.717, 1.165) is 42.2 Å². The largest absolute Gasteiger partial charge is 0.361 e. The van der Waals surface area contributed by atoms with Crippen LogP contribution in [0.5, 0.6) is 0 Å². The highest BCUT2D eigenvalue weighted by molar-refractivity contribution is 7.85. The van der Waals surface area contributed by atoms with Crippen molar-refractivity contribution in [2.45, 2.75) is 64.3 Å². The molecule has 1 heterocycles. The quantitative estimate of drug-likeness (QED) is 0.902. The maximum atomic E-state index is 12.1. The van der Waals surface area contributed by atoms with Gasteiger partial charge in [-0.25, -0.2) is 0 Å². The second-order valence-electron chi connectivity index (χ2n) is 5.28. The second kappa shape index (κ2) is 6.66. The minimum absolute atomic E-state index is 0.305. The average Bonchev–Trinajstić information content (AvgIpc) is 2.75. The van der Waals surface area contributed by atoms with Crippen LogP contribution in [-0.4, -0.2) is 26.4 Å². The van der Waals surface area contributed by atoms with Gasteiger partial charge in [0.2, 0.25) is 0 Å². The number of hydrogen-bond donors (Lipinski definition) is 1. The minimum atomic E-state index is -0.704. The monoisotopic (exact) mass is 284 g/mol. The lowest BCUT2D eigenvalue weighted by Gasteiger charge is -2.31. The zero-order valence-electron chi connectivity index (χ0n) is 12.1. The summed E-state index contributed by atoms with van der Waals surface area (Å²) in [5.41, 5.74) is 2.10. The van der Waals surface area contributed by atoms with Crippen molar-refractivity contribution < 1.29 is 8.73 Å². The van der Waals surface area contributed by atoms with Gasteiger partial charge in [-0.2, -0.15) is 0 Å². The van der Waals surface area contributed by atoms with E-state index < -0.39 is 10.8 Å². The molecule has 3 atom stereocenters. The van der Waals surface area contributed by atoms with Gasteiger partial charge in [-0.3, -0.25) is 4.21 Å². The van der Waals surface area contributed by atoms with Crippen LogP contribution in [0.3, 0.4) is 0 Å². The number of aryl methyl sites for hydroxylation is 2. The zero-order valence-corrected chi connectivity index (χ0v) is 12.9. The number of aromatic nitrogens is 1. The van der Waals surface area contributed by atoms with Crippen LogP contribution in [0.25, 0.3) is 0 Å². The van der Waals surface area contributed by atoms with E-state index in [1.54, 1.807) is 0 Å². The molecule has 0 spiro atoms. The van der Waals surface area contributed by atoms with E-state index in [2.05, 4.69) is 10.5 Å². The highest BCUT2D eigenvalue weighted by atomic mass is 32.2. The van der Waals surface area contributed by atoms with E-state index in [9.17, 15) is 4.21 Å². The molecule has 0 aromatic carbocycles. The molecule has 0 saturated heterocycles. The Labute approximate surface area is 117 Å². The summed E-state index contributed by atoms with van der Waals surface area (Å²) in [6.07, 6.45) is 4.65. The highest BCUT2D eigenvalue weighted by Crippen LogP contribution is 2.24. The first-order chi connectivity index (χ1) is 9.13. The molecule has 1 saturated carbocycles. The predicted octanol–water partition coefficient (Wildman–Crippen LogP) is 2.46. The van der Waals surface area contributed by atoms with Crippen LogP contribution in [0, 0.1) is 13.8 Å². The third-order valence-corrected chi connectivity index (χ3v) is 5.86. The molecular weight excluding hydrogens is 260 g/mol. The van der Waals surface area contributed by atoms with Gasteiger partial charge in [-0.05, 0) is 26.7 Å². The van der Waals surface area contributed by atoms with E-state index in [0.29, 0.717) is 11.3 Å².